The highest BCUT2D eigenvalue weighted by Crippen LogP contribution is 2.27. The first-order chi connectivity index (χ1) is 12.0. The molecule has 0 aromatic heterocycles. The Morgan fingerprint density at radius 1 is 1.16 bits per heavy atom. The lowest BCUT2D eigenvalue weighted by Crippen LogP contribution is -2.51. The van der Waals surface area contributed by atoms with E-state index in [-0.39, 0.29) is 0 Å². The van der Waals surface area contributed by atoms with Crippen molar-refractivity contribution in [1.29, 1.82) is 0 Å². The van der Waals surface area contributed by atoms with E-state index in [1.54, 1.807) is 0 Å². The van der Waals surface area contributed by atoms with Gasteiger partial charge in [0.25, 0.3) is 0 Å². The normalized spacial score (nSPS) is 33.6. The van der Waals surface area contributed by atoms with E-state index in [2.05, 4.69) is 35.9 Å². The first-order valence-electron chi connectivity index (χ1n) is 10.4. The molecular weight excluding hydrogens is 314 g/mol. The quantitative estimate of drug-likeness (QED) is 0.824. The van der Waals surface area contributed by atoms with Gasteiger partial charge in [0.2, 0.25) is 5.91 Å². The molecule has 25 heavy (non-hydrogen) atoms. The molecule has 3 fully saturated rings. The maximum Gasteiger partial charge on any atom is 0.223 e. The van der Waals surface area contributed by atoms with Crippen molar-refractivity contribution >= 4 is 5.91 Å². The SMILES string of the molecule is CC1CN(CC2CCCN2C(=O)CC(C)C2CCNCC2)CC(C)O1. The van der Waals surface area contributed by atoms with Crippen LogP contribution < -0.4 is 5.32 Å². The van der Waals surface area contributed by atoms with Crippen LogP contribution in [0.5, 0.6) is 0 Å². The molecule has 0 radical (unpaired) electrons. The van der Waals surface area contributed by atoms with Crippen LogP contribution in [0.3, 0.4) is 0 Å². The fourth-order valence-corrected chi connectivity index (χ4v) is 5.06. The van der Waals surface area contributed by atoms with Crippen molar-refractivity contribution in [3.8, 4) is 0 Å². The molecule has 1 N–H and O–H groups in total. The number of piperidine rings is 1. The Balaban J connectivity index is 1.50. The third-order valence-electron chi connectivity index (χ3n) is 6.35. The zero-order valence-corrected chi connectivity index (χ0v) is 16.4. The molecule has 5 nitrogen and oxygen atoms in total. The van der Waals surface area contributed by atoms with E-state index in [0.717, 1.165) is 58.5 Å². The summed E-state index contributed by atoms with van der Waals surface area (Å²) in [7, 11) is 0. The summed E-state index contributed by atoms with van der Waals surface area (Å²) in [6, 6.07) is 0.408. The van der Waals surface area contributed by atoms with Crippen molar-refractivity contribution in [3.63, 3.8) is 0 Å². The van der Waals surface area contributed by atoms with Gasteiger partial charge in [0.15, 0.2) is 0 Å². The van der Waals surface area contributed by atoms with Gasteiger partial charge in [-0.15, -0.1) is 0 Å². The van der Waals surface area contributed by atoms with Crippen molar-refractivity contribution in [3.05, 3.63) is 0 Å². The molecule has 0 bridgehead atoms. The number of nitrogens with one attached hydrogen (secondary N) is 1. The van der Waals surface area contributed by atoms with E-state index >= 15 is 0 Å². The maximum atomic E-state index is 12.9. The Bertz CT molecular complexity index is 429. The fourth-order valence-electron chi connectivity index (χ4n) is 5.06. The predicted molar refractivity (Wildman–Crippen MR) is 101 cm³/mol. The van der Waals surface area contributed by atoms with E-state index in [4.69, 9.17) is 4.74 Å². The van der Waals surface area contributed by atoms with Gasteiger partial charge in [-0.1, -0.05) is 6.92 Å². The van der Waals surface area contributed by atoms with E-state index in [1.165, 1.54) is 12.8 Å². The number of ether oxygens (including phenoxy) is 1. The van der Waals surface area contributed by atoms with Crippen LogP contribution in [0.4, 0.5) is 0 Å². The average molecular weight is 352 g/mol. The Labute approximate surface area is 153 Å². The van der Waals surface area contributed by atoms with Crippen molar-refractivity contribution in [2.45, 2.75) is 71.1 Å². The van der Waals surface area contributed by atoms with Crippen LogP contribution in [0.25, 0.3) is 0 Å². The van der Waals surface area contributed by atoms with Crippen LogP contribution in [0.15, 0.2) is 0 Å². The third kappa shape index (κ3) is 5.18. The third-order valence-corrected chi connectivity index (χ3v) is 6.35. The van der Waals surface area contributed by atoms with Crippen molar-refractivity contribution in [1.82, 2.24) is 15.1 Å². The van der Waals surface area contributed by atoms with Gasteiger partial charge in [0.1, 0.15) is 0 Å². The van der Waals surface area contributed by atoms with Gasteiger partial charge in [-0.2, -0.15) is 0 Å². The number of carbonyl (C=O) groups is 1. The van der Waals surface area contributed by atoms with E-state index < -0.39 is 0 Å². The van der Waals surface area contributed by atoms with Crippen molar-refractivity contribution in [2.75, 3.05) is 39.3 Å². The van der Waals surface area contributed by atoms with E-state index in [0.29, 0.717) is 36.0 Å². The van der Waals surface area contributed by atoms with Crippen LogP contribution >= 0.6 is 0 Å². The second-order valence-corrected chi connectivity index (χ2v) is 8.63. The maximum absolute atomic E-state index is 12.9. The summed E-state index contributed by atoms with van der Waals surface area (Å²) in [6.07, 6.45) is 6.10. The average Bonchev–Trinajstić information content (AvgIpc) is 3.03. The van der Waals surface area contributed by atoms with Gasteiger partial charge < -0.3 is 15.0 Å². The summed E-state index contributed by atoms with van der Waals surface area (Å²) in [4.78, 5) is 17.6. The second-order valence-electron chi connectivity index (χ2n) is 8.63. The molecule has 5 heteroatoms. The molecule has 1 amide bonds. The van der Waals surface area contributed by atoms with Gasteiger partial charge in [0, 0.05) is 38.6 Å². The first kappa shape index (κ1) is 19.1. The van der Waals surface area contributed by atoms with Crippen LogP contribution in [-0.4, -0.2) is 73.2 Å². The number of nitrogens with zero attached hydrogens (tertiary/aromatic N) is 2. The summed E-state index contributed by atoms with van der Waals surface area (Å²) in [5, 5.41) is 3.43. The minimum atomic E-state index is 0.300. The summed E-state index contributed by atoms with van der Waals surface area (Å²) in [5.74, 6) is 1.62. The minimum Gasteiger partial charge on any atom is -0.373 e. The van der Waals surface area contributed by atoms with E-state index in [1.807, 2.05) is 0 Å². The highest BCUT2D eigenvalue weighted by atomic mass is 16.5. The second kappa shape index (κ2) is 8.83. The number of likely N-dealkylation sites (tertiary alicyclic amines) is 1. The summed E-state index contributed by atoms with van der Waals surface area (Å²) < 4.78 is 5.85. The topological polar surface area (TPSA) is 44.8 Å². The molecule has 3 aliphatic heterocycles. The van der Waals surface area contributed by atoms with E-state index in [9.17, 15) is 4.79 Å². The molecule has 0 aliphatic carbocycles. The van der Waals surface area contributed by atoms with Crippen molar-refractivity contribution in [2.24, 2.45) is 11.8 Å². The largest absolute Gasteiger partial charge is 0.373 e. The Morgan fingerprint density at radius 3 is 2.52 bits per heavy atom. The standard InChI is InChI=1S/C20H37N3O2/c1-15(18-6-8-21-9-7-18)11-20(24)23-10-4-5-19(23)14-22-12-16(2)25-17(3)13-22/h15-19,21H,4-14H2,1-3H3. The Kier molecular flexibility index (Phi) is 6.75. The highest BCUT2D eigenvalue weighted by Gasteiger charge is 2.33. The van der Waals surface area contributed by atoms with Crippen LogP contribution in [-0.2, 0) is 9.53 Å². The number of amides is 1. The molecule has 0 aromatic rings. The van der Waals surface area contributed by atoms with Crippen LogP contribution in [0.2, 0.25) is 0 Å². The Morgan fingerprint density at radius 2 is 1.84 bits per heavy atom. The molecule has 0 spiro atoms. The molecule has 4 unspecified atom stereocenters. The Hall–Kier alpha value is -0.650. The zero-order valence-electron chi connectivity index (χ0n) is 16.4. The van der Waals surface area contributed by atoms with Gasteiger partial charge in [-0.05, 0) is 64.5 Å². The molecule has 3 rings (SSSR count). The number of rotatable bonds is 5. The number of hydrogen-bond acceptors (Lipinski definition) is 4. The molecule has 0 aromatic carbocycles. The predicted octanol–water partition coefficient (Wildman–Crippen LogP) is 2.11. The van der Waals surface area contributed by atoms with Crippen LogP contribution in [0, 0.1) is 11.8 Å². The van der Waals surface area contributed by atoms with Gasteiger partial charge in [0.05, 0.1) is 12.2 Å². The lowest BCUT2D eigenvalue weighted by molar-refractivity contribution is -0.134. The fraction of sp³-hybridized carbons (Fsp3) is 0.950. The zero-order chi connectivity index (χ0) is 17.8. The lowest BCUT2D eigenvalue weighted by Gasteiger charge is -2.38. The molecule has 4 atom stereocenters. The molecular formula is C20H37N3O2. The summed E-state index contributed by atoms with van der Waals surface area (Å²) >= 11 is 0. The molecule has 0 saturated carbocycles. The number of morpholine rings is 1. The molecule has 3 heterocycles. The number of carbonyl (C=O) groups excluding carboxylic acids is 1. The molecule has 3 aliphatic rings. The van der Waals surface area contributed by atoms with Crippen LogP contribution in [0.1, 0.15) is 52.9 Å². The van der Waals surface area contributed by atoms with Crippen molar-refractivity contribution < 1.29 is 9.53 Å². The number of hydrogen-bond donors (Lipinski definition) is 1. The monoisotopic (exact) mass is 351 g/mol. The van der Waals surface area contributed by atoms with Gasteiger partial charge >= 0.3 is 0 Å². The summed E-state index contributed by atoms with van der Waals surface area (Å²) in [6.45, 7) is 12.8. The minimum absolute atomic E-state index is 0.300. The van der Waals surface area contributed by atoms with Gasteiger partial charge in [-0.3, -0.25) is 9.69 Å². The first-order valence-corrected chi connectivity index (χ1v) is 10.4. The summed E-state index contributed by atoms with van der Waals surface area (Å²) in [5.41, 5.74) is 0. The smallest absolute Gasteiger partial charge is 0.223 e. The highest BCUT2D eigenvalue weighted by molar-refractivity contribution is 5.77. The lowest BCUT2D eigenvalue weighted by atomic mass is 9.84. The van der Waals surface area contributed by atoms with Gasteiger partial charge in [-0.25, -0.2) is 0 Å². The molecule has 3 saturated heterocycles. The molecule has 144 valence electrons.